The third kappa shape index (κ3) is 2.88. The molecule has 2 aromatic carbocycles. The molecular formula is C23H19N3O. The number of pyridine rings is 2. The number of nitriles is 1. The van der Waals surface area contributed by atoms with E-state index < -0.39 is 0 Å². The minimum absolute atomic E-state index is 0.151. The number of hydrogen-bond acceptors (Lipinski definition) is 3. The van der Waals surface area contributed by atoms with Crippen LogP contribution in [-0.2, 0) is 6.54 Å². The first-order valence-electron chi connectivity index (χ1n) is 9.16. The third-order valence-electron chi connectivity index (χ3n) is 4.87. The highest BCUT2D eigenvalue weighted by Gasteiger charge is 2.19. The average molecular weight is 353 g/mol. The quantitative estimate of drug-likeness (QED) is 0.525. The topological polar surface area (TPSA) is 58.7 Å². The molecule has 0 saturated heterocycles. The van der Waals surface area contributed by atoms with E-state index in [0.29, 0.717) is 23.4 Å². The lowest BCUT2D eigenvalue weighted by Crippen LogP contribution is -2.24. The molecule has 0 aliphatic heterocycles. The van der Waals surface area contributed by atoms with Crippen molar-refractivity contribution in [3.63, 3.8) is 0 Å². The van der Waals surface area contributed by atoms with Gasteiger partial charge in [-0.15, -0.1) is 0 Å². The van der Waals surface area contributed by atoms with Crippen molar-refractivity contribution in [1.82, 2.24) is 9.55 Å². The Morgan fingerprint density at radius 1 is 1.04 bits per heavy atom. The van der Waals surface area contributed by atoms with Gasteiger partial charge in [-0.25, -0.2) is 4.98 Å². The van der Waals surface area contributed by atoms with Crippen LogP contribution < -0.4 is 5.56 Å². The monoisotopic (exact) mass is 353 g/mol. The fraction of sp³-hybridized carbons (Fsp3) is 0.174. The van der Waals surface area contributed by atoms with Gasteiger partial charge in [-0.2, -0.15) is 5.26 Å². The van der Waals surface area contributed by atoms with E-state index in [9.17, 15) is 10.1 Å². The molecule has 4 heteroatoms. The molecule has 0 aliphatic rings. The minimum Gasteiger partial charge on any atom is -0.308 e. The first kappa shape index (κ1) is 17.0. The van der Waals surface area contributed by atoms with Crippen molar-refractivity contribution in [3.8, 4) is 17.3 Å². The smallest absolute Gasteiger partial charge is 0.261 e. The van der Waals surface area contributed by atoms with Crippen LogP contribution in [0, 0.1) is 11.3 Å². The minimum atomic E-state index is -0.151. The van der Waals surface area contributed by atoms with Gasteiger partial charge in [0, 0.05) is 17.3 Å². The number of nitrogens with zero attached hydrogens (tertiary/aromatic N) is 3. The van der Waals surface area contributed by atoms with Gasteiger partial charge in [-0.05, 0) is 24.6 Å². The molecule has 132 valence electrons. The summed E-state index contributed by atoms with van der Waals surface area (Å²) in [5.74, 6) is 0. The van der Waals surface area contributed by atoms with Crippen LogP contribution in [0.2, 0.25) is 0 Å². The highest BCUT2D eigenvalue weighted by atomic mass is 16.1. The van der Waals surface area contributed by atoms with E-state index in [-0.39, 0.29) is 5.56 Å². The summed E-state index contributed by atoms with van der Waals surface area (Å²) >= 11 is 0. The van der Waals surface area contributed by atoms with Crippen molar-refractivity contribution in [2.24, 2.45) is 0 Å². The van der Waals surface area contributed by atoms with Gasteiger partial charge >= 0.3 is 0 Å². The van der Waals surface area contributed by atoms with Gasteiger partial charge in [0.25, 0.3) is 5.56 Å². The molecule has 0 aliphatic carbocycles. The summed E-state index contributed by atoms with van der Waals surface area (Å²) in [4.78, 5) is 18.1. The zero-order valence-corrected chi connectivity index (χ0v) is 15.1. The van der Waals surface area contributed by atoms with Crippen molar-refractivity contribution in [1.29, 1.82) is 5.26 Å². The first-order chi connectivity index (χ1) is 13.2. The summed E-state index contributed by atoms with van der Waals surface area (Å²) in [6.45, 7) is 2.73. The van der Waals surface area contributed by atoms with Gasteiger partial charge in [-0.3, -0.25) is 4.79 Å². The molecule has 0 saturated carbocycles. The molecular weight excluding hydrogens is 334 g/mol. The fourth-order valence-corrected chi connectivity index (χ4v) is 3.50. The molecule has 4 aromatic rings. The van der Waals surface area contributed by atoms with Gasteiger partial charge < -0.3 is 4.57 Å². The second kappa shape index (κ2) is 7.05. The Kier molecular flexibility index (Phi) is 4.43. The third-order valence-corrected chi connectivity index (χ3v) is 4.87. The van der Waals surface area contributed by atoms with Crippen molar-refractivity contribution in [2.45, 2.75) is 26.3 Å². The largest absolute Gasteiger partial charge is 0.308 e. The number of fused-ring (bicyclic) bond motifs is 2. The highest BCUT2D eigenvalue weighted by molar-refractivity contribution is 5.92. The second-order valence-corrected chi connectivity index (χ2v) is 6.58. The molecule has 0 fully saturated rings. The lowest BCUT2D eigenvalue weighted by atomic mass is 10.00. The molecule has 0 atom stereocenters. The van der Waals surface area contributed by atoms with Gasteiger partial charge in [0.15, 0.2) is 0 Å². The zero-order chi connectivity index (χ0) is 18.8. The number of rotatable bonds is 4. The summed E-state index contributed by atoms with van der Waals surface area (Å²) in [6, 6.07) is 21.4. The van der Waals surface area contributed by atoms with Crippen molar-refractivity contribution in [2.75, 3.05) is 0 Å². The molecule has 0 N–H and O–H groups in total. The number of benzene rings is 2. The average Bonchev–Trinajstić information content (AvgIpc) is 2.72. The van der Waals surface area contributed by atoms with Crippen LogP contribution in [0.3, 0.4) is 0 Å². The first-order valence-corrected chi connectivity index (χ1v) is 9.16. The van der Waals surface area contributed by atoms with Crippen molar-refractivity contribution >= 4 is 21.8 Å². The fourth-order valence-electron chi connectivity index (χ4n) is 3.50. The molecule has 4 nitrogen and oxygen atoms in total. The second-order valence-electron chi connectivity index (χ2n) is 6.58. The molecule has 4 rings (SSSR count). The maximum Gasteiger partial charge on any atom is 0.261 e. The maximum atomic E-state index is 13.4. The summed E-state index contributed by atoms with van der Waals surface area (Å²) in [6.07, 6.45) is 1.89. The van der Waals surface area contributed by atoms with E-state index >= 15 is 0 Å². The van der Waals surface area contributed by atoms with Gasteiger partial charge in [0.2, 0.25) is 0 Å². The van der Waals surface area contributed by atoms with E-state index in [2.05, 4.69) is 18.0 Å². The molecule has 0 unspecified atom stereocenters. The summed E-state index contributed by atoms with van der Waals surface area (Å²) < 4.78 is 1.78. The number of para-hydroxylation sites is 2. The summed E-state index contributed by atoms with van der Waals surface area (Å²) in [7, 11) is 0. The SMILES string of the molecule is CCCCn1c(=O)c(-c2ccc3ccccc3n2)c(C#N)c2ccccc21. The Bertz CT molecular complexity index is 1250. The molecule has 27 heavy (non-hydrogen) atoms. The van der Waals surface area contributed by atoms with E-state index in [0.717, 1.165) is 34.6 Å². The van der Waals surface area contributed by atoms with Crippen LogP contribution in [0.5, 0.6) is 0 Å². The molecule has 2 heterocycles. The molecule has 2 aromatic heterocycles. The molecule has 0 radical (unpaired) electrons. The number of aromatic nitrogens is 2. The van der Waals surface area contributed by atoms with Gasteiger partial charge in [-0.1, -0.05) is 55.8 Å². The Hall–Kier alpha value is -3.45. The Morgan fingerprint density at radius 2 is 1.81 bits per heavy atom. The van der Waals surface area contributed by atoms with Crippen LogP contribution in [0.1, 0.15) is 25.3 Å². The van der Waals surface area contributed by atoms with E-state index in [1.54, 1.807) is 4.57 Å². The Balaban J connectivity index is 2.08. The lowest BCUT2D eigenvalue weighted by Gasteiger charge is -2.15. The Labute approximate surface area is 157 Å². The maximum absolute atomic E-state index is 13.4. The molecule has 0 amide bonds. The lowest BCUT2D eigenvalue weighted by molar-refractivity contribution is 0.632. The van der Waals surface area contributed by atoms with Crippen LogP contribution in [-0.4, -0.2) is 9.55 Å². The number of aryl methyl sites for hydroxylation is 1. The summed E-state index contributed by atoms with van der Waals surface area (Å²) in [5, 5.41) is 11.7. The van der Waals surface area contributed by atoms with E-state index in [1.807, 2.05) is 60.7 Å². The van der Waals surface area contributed by atoms with Crippen LogP contribution in [0.15, 0.2) is 65.5 Å². The predicted octanol–water partition coefficient (Wildman–Crippen LogP) is 4.89. The standard InChI is InChI=1S/C23H19N3O/c1-2-3-14-26-21-11-7-5-9-17(21)18(15-24)22(23(26)27)20-13-12-16-8-4-6-10-19(16)25-20/h4-13H,2-3,14H2,1H3. The van der Waals surface area contributed by atoms with Crippen LogP contribution in [0.25, 0.3) is 33.1 Å². The van der Waals surface area contributed by atoms with Gasteiger partial charge in [0.05, 0.1) is 27.9 Å². The normalized spacial score (nSPS) is 11.0. The van der Waals surface area contributed by atoms with Crippen molar-refractivity contribution in [3.05, 3.63) is 76.6 Å². The zero-order valence-electron chi connectivity index (χ0n) is 15.1. The van der Waals surface area contributed by atoms with E-state index in [1.165, 1.54) is 0 Å². The molecule has 0 spiro atoms. The van der Waals surface area contributed by atoms with Gasteiger partial charge in [0.1, 0.15) is 6.07 Å². The number of hydrogen-bond donors (Lipinski definition) is 0. The summed E-state index contributed by atoms with van der Waals surface area (Å²) in [5.41, 5.74) is 2.79. The van der Waals surface area contributed by atoms with Crippen molar-refractivity contribution < 1.29 is 0 Å². The predicted molar refractivity (Wildman–Crippen MR) is 109 cm³/mol. The molecule has 0 bridgehead atoms. The van der Waals surface area contributed by atoms with Crippen LogP contribution in [0.4, 0.5) is 0 Å². The Morgan fingerprint density at radius 3 is 2.63 bits per heavy atom. The highest BCUT2D eigenvalue weighted by Crippen LogP contribution is 2.27. The van der Waals surface area contributed by atoms with E-state index in [4.69, 9.17) is 0 Å². The van der Waals surface area contributed by atoms with Crippen LogP contribution >= 0.6 is 0 Å². The number of unbranched alkanes of at least 4 members (excludes halogenated alkanes) is 1.